The highest BCUT2D eigenvalue weighted by atomic mass is 32.1. The number of nitrogens with one attached hydrogen (secondary N) is 2. The monoisotopic (exact) mass is 367 g/mol. The zero-order chi connectivity index (χ0) is 18.5. The minimum Gasteiger partial charge on any atom is -0.372 e. The molecular weight excluding hydrogens is 338 g/mol. The summed E-state index contributed by atoms with van der Waals surface area (Å²) >= 11 is 5.45. The lowest BCUT2D eigenvalue weighted by Gasteiger charge is -2.32. The van der Waals surface area contributed by atoms with Gasteiger partial charge in [0.1, 0.15) is 0 Å². The van der Waals surface area contributed by atoms with Gasteiger partial charge in [0.05, 0.1) is 6.04 Å². The van der Waals surface area contributed by atoms with Crippen LogP contribution in [0.2, 0.25) is 0 Å². The number of hydrogen-bond donors (Lipinski definition) is 2. The minimum absolute atomic E-state index is 0.163. The standard InChI is InChI=1S/C22H29N3S/c1-16-4-8-20(9-5-16)24-22(26)23-18(3)19-6-10-21(11-7-19)25-14-12-17(2)13-15-25/h4-11,17-18H,12-15H2,1-3H3,(H2,23,24,26)/t18-/m0/s1. The molecule has 1 heterocycles. The Morgan fingerprint density at radius 2 is 1.65 bits per heavy atom. The van der Waals surface area contributed by atoms with E-state index in [0.29, 0.717) is 5.11 Å². The number of benzene rings is 2. The van der Waals surface area contributed by atoms with Crippen molar-refractivity contribution in [3.63, 3.8) is 0 Å². The van der Waals surface area contributed by atoms with Crippen LogP contribution >= 0.6 is 12.2 Å². The van der Waals surface area contributed by atoms with Crippen LogP contribution in [0.4, 0.5) is 11.4 Å². The average Bonchev–Trinajstić information content (AvgIpc) is 2.64. The van der Waals surface area contributed by atoms with Gasteiger partial charge >= 0.3 is 0 Å². The van der Waals surface area contributed by atoms with E-state index >= 15 is 0 Å². The molecule has 138 valence electrons. The van der Waals surface area contributed by atoms with Gasteiger partial charge in [0.15, 0.2) is 5.11 Å². The molecular formula is C22H29N3S. The van der Waals surface area contributed by atoms with Crippen LogP contribution in [-0.4, -0.2) is 18.2 Å². The van der Waals surface area contributed by atoms with Crippen molar-refractivity contribution in [2.75, 3.05) is 23.3 Å². The van der Waals surface area contributed by atoms with Gasteiger partial charge in [-0.3, -0.25) is 0 Å². The number of nitrogens with zero attached hydrogens (tertiary/aromatic N) is 1. The zero-order valence-electron chi connectivity index (χ0n) is 16.0. The number of piperidine rings is 1. The number of aryl methyl sites for hydroxylation is 1. The molecule has 0 radical (unpaired) electrons. The van der Waals surface area contributed by atoms with Gasteiger partial charge in [0.25, 0.3) is 0 Å². The van der Waals surface area contributed by atoms with Crippen molar-refractivity contribution < 1.29 is 0 Å². The SMILES string of the molecule is Cc1ccc(NC(=S)N[C@@H](C)c2ccc(N3CCC(C)CC3)cc2)cc1. The van der Waals surface area contributed by atoms with E-state index < -0.39 is 0 Å². The molecule has 1 aliphatic rings. The topological polar surface area (TPSA) is 27.3 Å². The molecule has 1 saturated heterocycles. The first-order valence-electron chi connectivity index (χ1n) is 9.50. The molecule has 0 aliphatic carbocycles. The van der Waals surface area contributed by atoms with Gasteiger partial charge in [-0.25, -0.2) is 0 Å². The molecule has 0 saturated carbocycles. The lowest BCUT2D eigenvalue weighted by Crippen LogP contribution is -2.33. The second-order valence-electron chi connectivity index (χ2n) is 7.45. The van der Waals surface area contributed by atoms with Crippen molar-refractivity contribution in [3.05, 3.63) is 59.7 Å². The fraction of sp³-hybridized carbons (Fsp3) is 0.409. The van der Waals surface area contributed by atoms with E-state index in [1.165, 1.54) is 42.7 Å². The summed E-state index contributed by atoms with van der Waals surface area (Å²) in [5, 5.41) is 7.27. The summed E-state index contributed by atoms with van der Waals surface area (Å²) in [5.74, 6) is 0.858. The van der Waals surface area contributed by atoms with Crippen molar-refractivity contribution in [1.82, 2.24) is 5.32 Å². The molecule has 3 rings (SSSR count). The Bertz CT molecular complexity index is 716. The number of anilines is 2. The maximum atomic E-state index is 5.45. The van der Waals surface area contributed by atoms with Crippen LogP contribution in [0.1, 0.15) is 43.9 Å². The number of thiocarbonyl (C=S) groups is 1. The lowest BCUT2D eigenvalue weighted by atomic mass is 9.98. The molecule has 0 bridgehead atoms. The van der Waals surface area contributed by atoms with Crippen molar-refractivity contribution in [2.24, 2.45) is 5.92 Å². The van der Waals surface area contributed by atoms with E-state index in [1.54, 1.807) is 0 Å². The van der Waals surface area contributed by atoms with E-state index in [4.69, 9.17) is 12.2 Å². The molecule has 4 heteroatoms. The Hall–Kier alpha value is -2.07. The molecule has 1 fully saturated rings. The summed E-state index contributed by atoms with van der Waals surface area (Å²) < 4.78 is 0. The van der Waals surface area contributed by atoms with Crippen molar-refractivity contribution in [2.45, 2.75) is 39.7 Å². The number of rotatable bonds is 4. The summed E-state index contributed by atoms with van der Waals surface area (Å²) in [4.78, 5) is 2.49. The van der Waals surface area contributed by atoms with E-state index in [2.05, 4.69) is 72.7 Å². The van der Waals surface area contributed by atoms with Crippen LogP contribution in [0.3, 0.4) is 0 Å². The highest BCUT2D eigenvalue weighted by Crippen LogP contribution is 2.24. The molecule has 2 aromatic carbocycles. The summed E-state index contributed by atoms with van der Waals surface area (Å²) in [6.07, 6.45) is 2.58. The molecule has 0 spiro atoms. The molecule has 1 aliphatic heterocycles. The zero-order valence-corrected chi connectivity index (χ0v) is 16.8. The van der Waals surface area contributed by atoms with Crippen molar-refractivity contribution in [1.29, 1.82) is 0 Å². The Labute approximate surface area is 162 Å². The second-order valence-corrected chi connectivity index (χ2v) is 7.86. The van der Waals surface area contributed by atoms with Gasteiger partial charge in [-0.2, -0.15) is 0 Å². The van der Waals surface area contributed by atoms with E-state index in [-0.39, 0.29) is 6.04 Å². The minimum atomic E-state index is 0.163. The third-order valence-corrected chi connectivity index (χ3v) is 5.42. The van der Waals surface area contributed by atoms with Crippen LogP contribution in [0, 0.1) is 12.8 Å². The van der Waals surface area contributed by atoms with E-state index in [1.807, 2.05) is 12.1 Å². The summed E-state index contributed by atoms with van der Waals surface area (Å²) in [7, 11) is 0. The van der Waals surface area contributed by atoms with Crippen LogP contribution in [0.15, 0.2) is 48.5 Å². The van der Waals surface area contributed by atoms with Gasteiger partial charge in [0.2, 0.25) is 0 Å². The van der Waals surface area contributed by atoms with Gasteiger partial charge < -0.3 is 15.5 Å². The van der Waals surface area contributed by atoms with Crippen LogP contribution in [0.25, 0.3) is 0 Å². The van der Waals surface area contributed by atoms with E-state index in [0.717, 1.165) is 11.6 Å². The third kappa shape index (κ3) is 4.98. The molecule has 0 unspecified atom stereocenters. The first kappa shape index (κ1) is 18.7. The quantitative estimate of drug-likeness (QED) is 0.719. The summed E-state index contributed by atoms with van der Waals surface area (Å²) in [6, 6.07) is 17.3. The van der Waals surface area contributed by atoms with Gasteiger partial charge in [-0.1, -0.05) is 36.8 Å². The molecule has 0 aromatic heterocycles. The van der Waals surface area contributed by atoms with Crippen molar-refractivity contribution in [3.8, 4) is 0 Å². The Morgan fingerprint density at radius 1 is 1.04 bits per heavy atom. The Morgan fingerprint density at radius 3 is 2.27 bits per heavy atom. The van der Waals surface area contributed by atoms with Crippen LogP contribution < -0.4 is 15.5 Å². The van der Waals surface area contributed by atoms with Crippen molar-refractivity contribution >= 4 is 28.7 Å². The van der Waals surface area contributed by atoms with Gasteiger partial charge in [-0.15, -0.1) is 0 Å². The normalized spacial score (nSPS) is 16.2. The maximum absolute atomic E-state index is 5.45. The summed E-state index contributed by atoms with van der Waals surface area (Å²) in [6.45, 7) is 8.90. The third-order valence-electron chi connectivity index (χ3n) is 5.20. The molecule has 2 N–H and O–H groups in total. The smallest absolute Gasteiger partial charge is 0.171 e. The van der Waals surface area contributed by atoms with Crippen LogP contribution in [-0.2, 0) is 0 Å². The van der Waals surface area contributed by atoms with E-state index in [9.17, 15) is 0 Å². The predicted molar refractivity (Wildman–Crippen MR) is 116 cm³/mol. The molecule has 26 heavy (non-hydrogen) atoms. The molecule has 3 nitrogen and oxygen atoms in total. The van der Waals surface area contributed by atoms with Crippen LogP contribution in [0.5, 0.6) is 0 Å². The first-order valence-corrected chi connectivity index (χ1v) is 9.91. The average molecular weight is 368 g/mol. The summed E-state index contributed by atoms with van der Waals surface area (Å²) in [5.41, 5.74) is 4.82. The Balaban J connectivity index is 1.54. The molecule has 1 atom stereocenters. The fourth-order valence-corrected chi connectivity index (χ4v) is 3.62. The first-order chi connectivity index (χ1) is 12.5. The second kappa shape index (κ2) is 8.54. The fourth-order valence-electron chi connectivity index (χ4n) is 3.32. The molecule has 2 aromatic rings. The van der Waals surface area contributed by atoms with Gasteiger partial charge in [-0.05, 0) is 74.7 Å². The Kier molecular flexibility index (Phi) is 6.15. The lowest BCUT2D eigenvalue weighted by molar-refractivity contribution is 0.438. The maximum Gasteiger partial charge on any atom is 0.171 e. The predicted octanol–water partition coefficient (Wildman–Crippen LogP) is 5.28. The van der Waals surface area contributed by atoms with Gasteiger partial charge in [0, 0.05) is 24.5 Å². The molecule has 0 amide bonds. The largest absolute Gasteiger partial charge is 0.372 e. The highest BCUT2D eigenvalue weighted by Gasteiger charge is 2.16. The number of hydrogen-bond acceptors (Lipinski definition) is 2. The highest BCUT2D eigenvalue weighted by molar-refractivity contribution is 7.80.